The van der Waals surface area contributed by atoms with Crippen molar-refractivity contribution in [3.8, 4) is 22.6 Å². The zero-order valence-electron chi connectivity index (χ0n) is 38.6. The van der Waals surface area contributed by atoms with Gasteiger partial charge in [0.05, 0.1) is 14.2 Å². The third-order valence-corrected chi connectivity index (χ3v) is 17.2. The summed E-state index contributed by atoms with van der Waals surface area (Å²) in [6.07, 6.45) is 0. The average molecular weight is 851 g/mol. The molecule has 62 heavy (non-hydrogen) atoms. The molecule has 0 aliphatic carbocycles. The second kappa shape index (κ2) is 17.1. The van der Waals surface area contributed by atoms with Gasteiger partial charge in [-0.25, -0.2) is 0 Å². The summed E-state index contributed by atoms with van der Waals surface area (Å²) in [5.74, 6) is 1.89. The second-order valence-corrected chi connectivity index (χ2v) is 23.2. The van der Waals surface area contributed by atoms with E-state index in [9.17, 15) is 0 Å². The van der Waals surface area contributed by atoms with E-state index in [1.165, 1.54) is 75.6 Å². The fraction of sp³-hybridized carbons (Fsp3) is 0.241. The minimum Gasteiger partial charge on any atom is -0.496 e. The Labute approximate surface area is 372 Å². The van der Waals surface area contributed by atoms with Gasteiger partial charge in [-0.05, 0) is 177 Å². The van der Waals surface area contributed by atoms with Crippen molar-refractivity contribution in [3.63, 3.8) is 0 Å². The molecule has 0 N–H and O–H groups in total. The van der Waals surface area contributed by atoms with Crippen LogP contribution >= 0.6 is 15.8 Å². The molecule has 0 saturated carbocycles. The topological polar surface area (TPSA) is 18.5 Å². The van der Waals surface area contributed by atoms with E-state index in [0.717, 1.165) is 33.8 Å². The lowest BCUT2D eigenvalue weighted by atomic mass is 9.87. The maximum Gasteiger partial charge on any atom is 0.124 e. The largest absolute Gasteiger partial charge is 0.496 e. The smallest absolute Gasteiger partial charge is 0.124 e. The van der Waals surface area contributed by atoms with Gasteiger partial charge in [0.15, 0.2) is 0 Å². The van der Waals surface area contributed by atoms with Gasteiger partial charge in [-0.3, -0.25) is 0 Å². The maximum atomic E-state index is 5.96. The Morgan fingerprint density at radius 3 is 1.02 bits per heavy atom. The molecule has 0 aliphatic heterocycles. The Hall–Kier alpha value is -5.26. The Kier molecular flexibility index (Phi) is 12.0. The average Bonchev–Trinajstić information content (AvgIpc) is 3.23. The second-order valence-electron chi connectivity index (χ2n) is 18.9. The minimum absolute atomic E-state index is 0.0507. The van der Waals surface area contributed by atoms with Crippen molar-refractivity contribution in [2.45, 2.75) is 80.1 Å². The Morgan fingerprint density at radius 2 is 0.694 bits per heavy atom. The van der Waals surface area contributed by atoms with Gasteiger partial charge in [0.2, 0.25) is 0 Å². The molecule has 2 nitrogen and oxygen atoms in total. The highest BCUT2D eigenvalue weighted by Gasteiger charge is 2.30. The summed E-state index contributed by atoms with van der Waals surface area (Å²) in [4.78, 5) is 0. The monoisotopic (exact) mass is 850 g/mol. The molecular weight excluding hydrogens is 791 g/mol. The van der Waals surface area contributed by atoms with Crippen LogP contribution in [0.25, 0.3) is 32.7 Å². The summed E-state index contributed by atoms with van der Waals surface area (Å²) in [6, 6.07) is 56.2. The van der Waals surface area contributed by atoms with Crippen molar-refractivity contribution in [2.75, 3.05) is 14.2 Å². The van der Waals surface area contributed by atoms with Crippen LogP contribution in [-0.4, -0.2) is 14.2 Å². The number of methoxy groups -OCH3 is 2. The fourth-order valence-corrected chi connectivity index (χ4v) is 14.5. The van der Waals surface area contributed by atoms with Gasteiger partial charge in [-0.1, -0.05) is 163 Å². The van der Waals surface area contributed by atoms with Gasteiger partial charge in [-0.2, -0.15) is 0 Å². The first kappa shape index (κ1) is 43.4. The molecule has 0 saturated heterocycles. The molecule has 8 aromatic carbocycles. The minimum atomic E-state index is -1.10. The van der Waals surface area contributed by atoms with Gasteiger partial charge >= 0.3 is 0 Å². The van der Waals surface area contributed by atoms with Crippen molar-refractivity contribution in [2.24, 2.45) is 0 Å². The fourth-order valence-electron chi connectivity index (χ4n) is 9.25. The quantitative estimate of drug-likeness (QED) is 0.135. The molecule has 0 bridgehead atoms. The summed E-state index contributed by atoms with van der Waals surface area (Å²) in [6.45, 7) is 22.5. The number of benzene rings is 8. The van der Waals surface area contributed by atoms with E-state index >= 15 is 0 Å². The number of hydrogen-bond acceptors (Lipinski definition) is 2. The zero-order chi connectivity index (χ0) is 44.1. The number of aryl methyl sites for hydroxylation is 4. The molecule has 0 spiro atoms. The van der Waals surface area contributed by atoms with Gasteiger partial charge in [-0.15, -0.1) is 0 Å². The Morgan fingerprint density at radius 1 is 0.371 bits per heavy atom. The molecule has 0 heterocycles. The number of hydrogen-bond donors (Lipinski definition) is 0. The molecule has 0 amide bonds. The van der Waals surface area contributed by atoms with Crippen LogP contribution in [-0.2, 0) is 10.8 Å². The lowest BCUT2D eigenvalue weighted by molar-refractivity contribution is 0.408. The standard InChI is InChI=1S/C58H60O2P2/c1-37-33-47(34-38(2)55(37)59-11)62(48-35-39(3)56(60-12)40(4)36-48)52-32-22-42-18-14-16-20-50(42)54(52)53-49-19-15-13-17-41(49)21-31-51(53)61(45-27-23-43(24-28-45)57(5,6)7)46-29-25-44(26-30-46)58(8,9)10/h13-36H,1-12H3. The number of fused-ring (bicyclic) bond motifs is 2. The summed E-state index contributed by atoms with van der Waals surface area (Å²) in [7, 11) is 1.45. The van der Waals surface area contributed by atoms with Gasteiger partial charge in [0.25, 0.3) is 0 Å². The highest BCUT2D eigenvalue weighted by Crippen LogP contribution is 2.47. The molecule has 0 fully saturated rings. The van der Waals surface area contributed by atoms with Crippen molar-refractivity contribution < 1.29 is 9.47 Å². The molecule has 0 aliphatic rings. The van der Waals surface area contributed by atoms with Gasteiger partial charge in [0, 0.05) is 0 Å². The van der Waals surface area contributed by atoms with Crippen LogP contribution in [0.4, 0.5) is 0 Å². The van der Waals surface area contributed by atoms with E-state index in [1.807, 2.05) is 0 Å². The van der Waals surface area contributed by atoms with E-state index in [1.54, 1.807) is 14.2 Å². The van der Waals surface area contributed by atoms with Gasteiger partial charge in [0.1, 0.15) is 11.5 Å². The molecule has 8 aromatic rings. The lowest BCUT2D eigenvalue weighted by Crippen LogP contribution is -2.27. The van der Waals surface area contributed by atoms with Crippen LogP contribution in [0.2, 0.25) is 0 Å². The molecule has 0 unspecified atom stereocenters. The molecule has 0 radical (unpaired) electrons. The summed E-state index contributed by atoms with van der Waals surface area (Å²) in [5.41, 5.74) is 9.99. The van der Waals surface area contributed by atoms with Crippen LogP contribution in [0.3, 0.4) is 0 Å². The summed E-state index contributed by atoms with van der Waals surface area (Å²) in [5, 5.41) is 13.0. The summed E-state index contributed by atoms with van der Waals surface area (Å²) >= 11 is 0. The Bertz CT molecular complexity index is 2770. The van der Waals surface area contributed by atoms with Crippen LogP contribution in [0, 0.1) is 27.7 Å². The molecular formula is C58H60O2P2. The van der Waals surface area contributed by atoms with Crippen molar-refractivity contribution in [1.29, 1.82) is 0 Å². The van der Waals surface area contributed by atoms with Crippen LogP contribution in [0.5, 0.6) is 11.5 Å². The van der Waals surface area contributed by atoms with Crippen molar-refractivity contribution in [1.82, 2.24) is 0 Å². The van der Waals surface area contributed by atoms with E-state index in [0.29, 0.717) is 0 Å². The number of rotatable bonds is 9. The van der Waals surface area contributed by atoms with Crippen LogP contribution in [0.15, 0.2) is 146 Å². The SMILES string of the molecule is COc1c(C)cc(P(c2cc(C)c(OC)c(C)c2)c2ccc3ccccc3c2-c2c(P(c3ccc(C(C)(C)C)cc3)c3ccc(C(C)(C)C)cc3)ccc3ccccc23)cc1C. The molecule has 4 heteroatoms. The highest BCUT2D eigenvalue weighted by molar-refractivity contribution is 7.81. The van der Waals surface area contributed by atoms with Gasteiger partial charge < -0.3 is 9.47 Å². The third kappa shape index (κ3) is 8.21. The lowest BCUT2D eigenvalue weighted by Gasteiger charge is -2.30. The van der Waals surface area contributed by atoms with E-state index < -0.39 is 15.8 Å². The first-order chi connectivity index (χ1) is 29.6. The summed E-state index contributed by atoms with van der Waals surface area (Å²) < 4.78 is 11.9. The molecule has 0 aromatic heterocycles. The molecule has 8 rings (SSSR count). The Balaban J connectivity index is 1.52. The van der Waals surface area contributed by atoms with Crippen molar-refractivity contribution in [3.05, 3.63) is 179 Å². The van der Waals surface area contributed by atoms with Crippen LogP contribution in [0.1, 0.15) is 74.9 Å². The maximum absolute atomic E-state index is 5.96. The predicted molar refractivity (Wildman–Crippen MR) is 274 cm³/mol. The third-order valence-electron chi connectivity index (χ3n) is 12.3. The predicted octanol–water partition coefficient (Wildman–Crippen LogP) is 13.0. The first-order valence-electron chi connectivity index (χ1n) is 21.7. The van der Waals surface area contributed by atoms with Crippen molar-refractivity contribution >= 4 is 69.2 Å². The zero-order valence-corrected chi connectivity index (χ0v) is 40.4. The van der Waals surface area contributed by atoms with E-state index in [4.69, 9.17) is 9.47 Å². The molecule has 0 atom stereocenters. The first-order valence-corrected chi connectivity index (χ1v) is 24.4. The number of ether oxygens (including phenoxy) is 2. The van der Waals surface area contributed by atoms with E-state index in [2.05, 4.69) is 215 Å². The normalized spacial score (nSPS) is 12.2. The molecule has 314 valence electrons. The van der Waals surface area contributed by atoms with Crippen LogP contribution < -0.4 is 41.3 Å². The highest BCUT2D eigenvalue weighted by atomic mass is 31.1. The van der Waals surface area contributed by atoms with E-state index in [-0.39, 0.29) is 10.8 Å².